The third kappa shape index (κ3) is 3.26. The van der Waals surface area contributed by atoms with Crippen LogP contribution in [0.4, 0.5) is 14.9 Å². The largest absolute Gasteiger partial charge is 0.379 e. The molecule has 2 saturated heterocycles. The highest BCUT2D eigenvalue weighted by Gasteiger charge is 2.25. The minimum Gasteiger partial charge on any atom is -0.379 e. The molecule has 0 aliphatic carbocycles. The predicted molar refractivity (Wildman–Crippen MR) is 77.9 cm³/mol. The zero-order valence-corrected chi connectivity index (χ0v) is 11.9. The summed E-state index contributed by atoms with van der Waals surface area (Å²) in [6.45, 7) is 3.82. The average Bonchev–Trinajstić information content (AvgIpc) is 3.01. The van der Waals surface area contributed by atoms with Crippen LogP contribution in [0.15, 0.2) is 24.3 Å². The normalized spacial score (nSPS) is 22.4. The Hall–Kier alpha value is -1.82. The quantitative estimate of drug-likeness (QED) is 0.897. The summed E-state index contributed by atoms with van der Waals surface area (Å²) in [5, 5.41) is 2.98. The summed E-state index contributed by atoms with van der Waals surface area (Å²) in [4.78, 5) is 15.9. The van der Waals surface area contributed by atoms with Crippen LogP contribution in [0.25, 0.3) is 0 Å². The highest BCUT2D eigenvalue weighted by molar-refractivity contribution is 5.75. The first-order chi connectivity index (χ1) is 10.2. The van der Waals surface area contributed by atoms with Crippen molar-refractivity contribution in [2.75, 3.05) is 44.3 Å². The van der Waals surface area contributed by atoms with Gasteiger partial charge in [-0.1, -0.05) is 12.1 Å². The van der Waals surface area contributed by atoms with Crippen molar-refractivity contribution < 1.29 is 13.9 Å². The topological polar surface area (TPSA) is 44.8 Å². The Kier molecular flexibility index (Phi) is 4.24. The van der Waals surface area contributed by atoms with Crippen LogP contribution in [0, 0.1) is 5.82 Å². The monoisotopic (exact) mass is 293 g/mol. The van der Waals surface area contributed by atoms with Gasteiger partial charge in [-0.2, -0.15) is 0 Å². The van der Waals surface area contributed by atoms with Crippen LogP contribution < -0.4 is 10.2 Å². The van der Waals surface area contributed by atoms with E-state index >= 15 is 0 Å². The van der Waals surface area contributed by atoms with E-state index in [-0.39, 0.29) is 17.9 Å². The summed E-state index contributed by atoms with van der Waals surface area (Å²) in [6.07, 6.45) is 0.876. The first-order valence-electron chi connectivity index (χ1n) is 7.37. The van der Waals surface area contributed by atoms with Gasteiger partial charge in [0.15, 0.2) is 0 Å². The van der Waals surface area contributed by atoms with Gasteiger partial charge in [0.2, 0.25) is 0 Å². The molecule has 2 aliphatic heterocycles. The van der Waals surface area contributed by atoms with Gasteiger partial charge in [0.1, 0.15) is 5.82 Å². The number of para-hydroxylation sites is 1. The average molecular weight is 293 g/mol. The lowest BCUT2D eigenvalue weighted by molar-refractivity contribution is 0.176. The lowest BCUT2D eigenvalue weighted by Crippen LogP contribution is -2.53. The van der Waals surface area contributed by atoms with Gasteiger partial charge in [-0.25, -0.2) is 9.18 Å². The van der Waals surface area contributed by atoms with Gasteiger partial charge in [-0.15, -0.1) is 0 Å². The fourth-order valence-corrected chi connectivity index (χ4v) is 2.77. The molecule has 0 saturated carbocycles. The maximum absolute atomic E-state index is 13.8. The van der Waals surface area contributed by atoms with Gasteiger partial charge >= 0.3 is 6.03 Å². The summed E-state index contributed by atoms with van der Waals surface area (Å²) < 4.78 is 19.0. The number of rotatable bonds is 2. The van der Waals surface area contributed by atoms with E-state index in [1.54, 1.807) is 17.0 Å². The number of carbonyl (C=O) groups is 1. The van der Waals surface area contributed by atoms with Crippen molar-refractivity contribution in [1.29, 1.82) is 0 Å². The summed E-state index contributed by atoms with van der Waals surface area (Å²) in [5.41, 5.74) is 0.613. The van der Waals surface area contributed by atoms with Gasteiger partial charge < -0.3 is 19.9 Å². The maximum Gasteiger partial charge on any atom is 0.317 e. The number of hydrogen-bond donors (Lipinski definition) is 1. The third-order valence-corrected chi connectivity index (χ3v) is 4.02. The molecule has 2 fully saturated rings. The fourth-order valence-electron chi connectivity index (χ4n) is 2.77. The van der Waals surface area contributed by atoms with E-state index in [0.717, 1.165) is 6.42 Å². The molecule has 3 rings (SSSR count). The SMILES string of the molecule is O=C(NC1CCOC1)N1CCN(c2ccccc2F)CC1. The number of carbonyl (C=O) groups excluding carboxylic acids is 1. The second-order valence-electron chi connectivity index (χ2n) is 5.44. The number of urea groups is 1. The minimum atomic E-state index is -0.210. The Labute approximate surface area is 123 Å². The number of nitrogens with zero attached hydrogens (tertiary/aromatic N) is 2. The van der Waals surface area contributed by atoms with Crippen molar-refractivity contribution in [3.8, 4) is 0 Å². The molecule has 1 unspecified atom stereocenters. The molecule has 0 spiro atoms. The molecule has 5 nitrogen and oxygen atoms in total. The Morgan fingerprint density at radius 1 is 1.24 bits per heavy atom. The van der Waals surface area contributed by atoms with Crippen molar-refractivity contribution >= 4 is 11.7 Å². The number of anilines is 1. The first kappa shape index (κ1) is 14.1. The summed E-state index contributed by atoms with van der Waals surface area (Å²) in [7, 11) is 0. The summed E-state index contributed by atoms with van der Waals surface area (Å²) in [5.74, 6) is -0.210. The highest BCUT2D eigenvalue weighted by atomic mass is 19.1. The Bertz CT molecular complexity index is 497. The zero-order valence-electron chi connectivity index (χ0n) is 11.9. The lowest BCUT2D eigenvalue weighted by Gasteiger charge is -2.36. The van der Waals surface area contributed by atoms with E-state index in [4.69, 9.17) is 4.74 Å². The number of hydrogen-bond acceptors (Lipinski definition) is 3. The van der Waals surface area contributed by atoms with Gasteiger partial charge in [0.25, 0.3) is 0 Å². The molecule has 2 aliphatic rings. The van der Waals surface area contributed by atoms with Crippen molar-refractivity contribution in [2.45, 2.75) is 12.5 Å². The highest BCUT2D eigenvalue weighted by Crippen LogP contribution is 2.20. The second-order valence-corrected chi connectivity index (χ2v) is 5.44. The van der Waals surface area contributed by atoms with Crippen molar-refractivity contribution in [3.63, 3.8) is 0 Å². The van der Waals surface area contributed by atoms with Crippen molar-refractivity contribution in [3.05, 3.63) is 30.1 Å². The van der Waals surface area contributed by atoms with Crippen LogP contribution in [-0.2, 0) is 4.74 Å². The molecule has 1 aromatic rings. The maximum atomic E-state index is 13.8. The summed E-state index contributed by atoms with van der Waals surface area (Å²) >= 11 is 0. The second kappa shape index (κ2) is 6.30. The number of ether oxygens (including phenoxy) is 1. The van der Waals surface area contributed by atoms with E-state index in [1.165, 1.54) is 6.07 Å². The number of nitrogens with one attached hydrogen (secondary N) is 1. The van der Waals surface area contributed by atoms with E-state index in [0.29, 0.717) is 45.1 Å². The van der Waals surface area contributed by atoms with Crippen LogP contribution in [0.5, 0.6) is 0 Å². The predicted octanol–water partition coefficient (Wildman–Crippen LogP) is 1.45. The molecule has 0 bridgehead atoms. The van der Waals surface area contributed by atoms with E-state index in [2.05, 4.69) is 5.32 Å². The minimum absolute atomic E-state index is 0.0429. The van der Waals surface area contributed by atoms with Gasteiger partial charge in [-0.05, 0) is 18.6 Å². The molecule has 114 valence electrons. The molecule has 0 aromatic heterocycles. The molecular formula is C15H20FN3O2. The molecule has 2 amide bonds. The fraction of sp³-hybridized carbons (Fsp3) is 0.533. The molecule has 6 heteroatoms. The van der Waals surface area contributed by atoms with E-state index < -0.39 is 0 Å². The van der Waals surface area contributed by atoms with Crippen LogP contribution in [-0.4, -0.2) is 56.4 Å². The Balaban J connectivity index is 1.52. The number of amides is 2. The molecule has 0 radical (unpaired) electrons. The molecule has 1 atom stereocenters. The molecule has 2 heterocycles. The van der Waals surface area contributed by atoms with E-state index in [1.807, 2.05) is 11.0 Å². The molecule has 21 heavy (non-hydrogen) atoms. The lowest BCUT2D eigenvalue weighted by atomic mass is 10.2. The van der Waals surface area contributed by atoms with Gasteiger partial charge in [0.05, 0.1) is 18.3 Å². The summed E-state index contributed by atoms with van der Waals surface area (Å²) in [6, 6.07) is 6.85. The Morgan fingerprint density at radius 3 is 2.67 bits per heavy atom. The third-order valence-electron chi connectivity index (χ3n) is 4.02. The first-order valence-corrected chi connectivity index (χ1v) is 7.37. The van der Waals surface area contributed by atoms with E-state index in [9.17, 15) is 9.18 Å². The van der Waals surface area contributed by atoms with Gasteiger partial charge in [0, 0.05) is 32.8 Å². The van der Waals surface area contributed by atoms with Crippen LogP contribution in [0.1, 0.15) is 6.42 Å². The number of benzene rings is 1. The van der Waals surface area contributed by atoms with Crippen LogP contribution in [0.2, 0.25) is 0 Å². The number of halogens is 1. The van der Waals surface area contributed by atoms with Gasteiger partial charge in [-0.3, -0.25) is 0 Å². The molecule has 1 N–H and O–H groups in total. The molecule has 1 aromatic carbocycles. The zero-order chi connectivity index (χ0) is 14.7. The van der Waals surface area contributed by atoms with Crippen LogP contribution in [0.3, 0.4) is 0 Å². The Morgan fingerprint density at radius 2 is 2.00 bits per heavy atom. The molecular weight excluding hydrogens is 273 g/mol. The van der Waals surface area contributed by atoms with Crippen molar-refractivity contribution in [2.24, 2.45) is 0 Å². The van der Waals surface area contributed by atoms with Crippen molar-refractivity contribution in [1.82, 2.24) is 10.2 Å². The standard InChI is InChI=1S/C15H20FN3O2/c16-13-3-1-2-4-14(13)18-6-8-19(9-7-18)15(20)17-12-5-10-21-11-12/h1-4,12H,5-11H2,(H,17,20). The van der Waals surface area contributed by atoms with Crippen LogP contribution >= 0.6 is 0 Å². The number of piperazine rings is 1. The smallest absolute Gasteiger partial charge is 0.317 e.